The molecule has 1 unspecified atom stereocenters. The van der Waals surface area contributed by atoms with Crippen LogP contribution in [0.5, 0.6) is 0 Å². The Morgan fingerprint density at radius 3 is 2.41 bits per heavy atom. The Hall–Kier alpha value is -0.970. The molecule has 4 heteroatoms. The van der Waals surface area contributed by atoms with Crippen LogP contribution in [0.1, 0.15) is 32.4 Å². The van der Waals surface area contributed by atoms with E-state index in [2.05, 4.69) is 4.98 Å². The van der Waals surface area contributed by atoms with Gasteiger partial charge in [0, 0.05) is 19.0 Å². The van der Waals surface area contributed by atoms with E-state index >= 15 is 0 Å². The average molecular weight is 235 g/mol. The lowest BCUT2D eigenvalue weighted by molar-refractivity contribution is -0.166. The third-order valence-corrected chi connectivity index (χ3v) is 3.50. The molecular formula is C13H17NO3. The quantitative estimate of drug-likeness (QED) is 0.803. The minimum Gasteiger partial charge on any atom is -0.383 e. The Bertz CT molecular complexity index is 402. The van der Waals surface area contributed by atoms with Crippen LogP contribution in [-0.2, 0) is 15.1 Å². The van der Waals surface area contributed by atoms with Crippen molar-refractivity contribution in [1.29, 1.82) is 0 Å². The molecule has 2 fully saturated rings. The van der Waals surface area contributed by atoms with Gasteiger partial charge in [-0.3, -0.25) is 4.98 Å². The summed E-state index contributed by atoms with van der Waals surface area (Å²) in [5, 5.41) is 10.6. The number of hydrogen-bond donors (Lipinski definition) is 1. The summed E-state index contributed by atoms with van der Waals surface area (Å²) in [6.45, 7) is 3.82. The van der Waals surface area contributed by atoms with E-state index in [-0.39, 0.29) is 12.2 Å². The minimum atomic E-state index is -0.910. The maximum absolute atomic E-state index is 10.6. The molecule has 3 atom stereocenters. The Balaban J connectivity index is 1.82. The smallest absolute Gasteiger partial charge is 0.163 e. The lowest BCUT2D eigenvalue weighted by Gasteiger charge is -2.26. The van der Waals surface area contributed by atoms with Crippen LogP contribution in [0, 0.1) is 0 Å². The molecule has 1 saturated carbocycles. The predicted molar refractivity (Wildman–Crippen MR) is 61.2 cm³/mol. The normalized spacial score (nSPS) is 39.2. The first kappa shape index (κ1) is 11.1. The molecule has 92 valence electrons. The fourth-order valence-electron chi connectivity index (χ4n) is 2.85. The van der Waals surface area contributed by atoms with Gasteiger partial charge in [0.25, 0.3) is 0 Å². The van der Waals surface area contributed by atoms with Gasteiger partial charge in [0.15, 0.2) is 5.79 Å². The van der Waals surface area contributed by atoms with Gasteiger partial charge in [-0.15, -0.1) is 0 Å². The van der Waals surface area contributed by atoms with Crippen molar-refractivity contribution in [2.24, 2.45) is 0 Å². The van der Waals surface area contributed by atoms with E-state index in [9.17, 15) is 5.11 Å². The topological polar surface area (TPSA) is 51.6 Å². The average Bonchev–Trinajstić information content (AvgIpc) is 2.69. The highest BCUT2D eigenvalue weighted by Gasteiger charge is 2.54. The third kappa shape index (κ3) is 1.86. The maximum Gasteiger partial charge on any atom is 0.163 e. The van der Waals surface area contributed by atoms with E-state index < -0.39 is 11.4 Å². The van der Waals surface area contributed by atoms with Gasteiger partial charge in [0.05, 0.1) is 17.9 Å². The third-order valence-electron chi connectivity index (χ3n) is 3.50. The summed E-state index contributed by atoms with van der Waals surface area (Å²) in [5.41, 5.74) is -0.202. The summed E-state index contributed by atoms with van der Waals surface area (Å²) >= 11 is 0. The molecule has 0 radical (unpaired) electrons. The standard InChI is InChI=1S/C13H17NO3/c1-12(2)16-9-7-13(15,8-10(9)17-12)11-5-3-4-6-14-11/h3-6,9-10,15H,7-8H2,1-2H3/t9-,10+,13?. The van der Waals surface area contributed by atoms with Crippen LogP contribution in [0.25, 0.3) is 0 Å². The van der Waals surface area contributed by atoms with Crippen LogP contribution in [0.2, 0.25) is 0 Å². The summed E-state index contributed by atoms with van der Waals surface area (Å²) in [5.74, 6) is -0.527. The molecule has 1 aliphatic carbocycles. The lowest BCUT2D eigenvalue weighted by Crippen LogP contribution is -2.29. The summed E-state index contributed by atoms with van der Waals surface area (Å²) in [6.07, 6.45) is 2.75. The molecule has 2 aliphatic rings. The van der Waals surface area contributed by atoms with Crippen molar-refractivity contribution in [1.82, 2.24) is 4.98 Å². The highest BCUT2D eigenvalue weighted by atomic mass is 16.8. The Labute approximate surface area is 101 Å². The fraction of sp³-hybridized carbons (Fsp3) is 0.615. The van der Waals surface area contributed by atoms with Crippen molar-refractivity contribution >= 4 is 0 Å². The number of nitrogens with zero attached hydrogens (tertiary/aromatic N) is 1. The first-order chi connectivity index (χ1) is 7.99. The van der Waals surface area contributed by atoms with Crippen LogP contribution in [-0.4, -0.2) is 28.1 Å². The first-order valence-corrected chi connectivity index (χ1v) is 5.98. The molecule has 3 rings (SSSR count). The van der Waals surface area contributed by atoms with E-state index in [1.807, 2.05) is 32.0 Å². The number of hydrogen-bond acceptors (Lipinski definition) is 4. The lowest BCUT2D eigenvalue weighted by atomic mass is 9.97. The Kier molecular flexibility index (Phi) is 2.30. The molecule has 1 aromatic heterocycles. The number of ether oxygens (including phenoxy) is 2. The SMILES string of the molecule is CC1(C)O[C@H]2CC(O)(c3ccccn3)C[C@H]2O1. The molecule has 1 aromatic rings. The van der Waals surface area contributed by atoms with E-state index in [1.54, 1.807) is 6.20 Å². The molecule has 1 saturated heterocycles. The number of rotatable bonds is 1. The van der Waals surface area contributed by atoms with Crippen molar-refractivity contribution < 1.29 is 14.6 Å². The van der Waals surface area contributed by atoms with Gasteiger partial charge in [-0.05, 0) is 26.0 Å². The highest BCUT2D eigenvalue weighted by molar-refractivity contribution is 5.17. The first-order valence-electron chi connectivity index (χ1n) is 5.98. The van der Waals surface area contributed by atoms with Gasteiger partial charge in [0.2, 0.25) is 0 Å². The van der Waals surface area contributed by atoms with Gasteiger partial charge in [-0.2, -0.15) is 0 Å². The molecule has 0 spiro atoms. The van der Waals surface area contributed by atoms with Crippen LogP contribution in [0.4, 0.5) is 0 Å². The zero-order valence-electron chi connectivity index (χ0n) is 10.1. The monoisotopic (exact) mass is 235 g/mol. The van der Waals surface area contributed by atoms with Crippen LogP contribution >= 0.6 is 0 Å². The summed E-state index contributed by atoms with van der Waals surface area (Å²) < 4.78 is 11.6. The van der Waals surface area contributed by atoms with Gasteiger partial charge >= 0.3 is 0 Å². The van der Waals surface area contributed by atoms with E-state index in [0.717, 1.165) is 0 Å². The number of pyridine rings is 1. The minimum absolute atomic E-state index is 0.0305. The molecule has 4 nitrogen and oxygen atoms in total. The molecular weight excluding hydrogens is 218 g/mol. The Morgan fingerprint density at radius 2 is 1.88 bits per heavy atom. The molecule has 17 heavy (non-hydrogen) atoms. The molecule has 0 amide bonds. The molecule has 1 N–H and O–H groups in total. The summed E-state index contributed by atoms with van der Waals surface area (Å²) in [7, 11) is 0. The Morgan fingerprint density at radius 1 is 1.24 bits per heavy atom. The highest BCUT2D eigenvalue weighted by Crippen LogP contribution is 2.46. The molecule has 2 heterocycles. The van der Waals surface area contributed by atoms with Gasteiger partial charge in [0.1, 0.15) is 5.60 Å². The van der Waals surface area contributed by atoms with Gasteiger partial charge in [-0.1, -0.05) is 6.07 Å². The second kappa shape index (κ2) is 3.51. The van der Waals surface area contributed by atoms with E-state index in [1.165, 1.54) is 0 Å². The summed E-state index contributed by atoms with van der Waals surface area (Å²) in [4.78, 5) is 4.24. The second-order valence-corrected chi connectivity index (χ2v) is 5.37. The van der Waals surface area contributed by atoms with Gasteiger partial charge < -0.3 is 14.6 Å². The summed E-state index contributed by atoms with van der Waals surface area (Å²) in [6, 6.07) is 5.59. The molecule has 0 bridgehead atoms. The van der Waals surface area contributed by atoms with Crippen molar-refractivity contribution in [2.75, 3.05) is 0 Å². The predicted octanol–water partition coefficient (Wildman–Crippen LogP) is 1.58. The van der Waals surface area contributed by atoms with Crippen molar-refractivity contribution in [3.63, 3.8) is 0 Å². The van der Waals surface area contributed by atoms with Crippen molar-refractivity contribution in [3.8, 4) is 0 Å². The van der Waals surface area contributed by atoms with E-state index in [4.69, 9.17) is 9.47 Å². The molecule has 0 aromatic carbocycles. The molecule has 1 aliphatic heterocycles. The van der Waals surface area contributed by atoms with Crippen LogP contribution < -0.4 is 0 Å². The number of aromatic nitrogens is 1. The maximum atomic E-state index is 10.6. The zero-order valence-corrected chi connectivity index (χ0v) is 10.1. The second-order valence-electron chi connectivity index (χ2n) is 5.37. The number of fused-ring (bicyclic) bond motifs is 1. The number of aliphatic hydroxyl groups is 1. The van der Waals surface area contributed by atoms with Crippen LogP contribution in [0.3, 0.4) is 0 Å². The van der Waals surface area contributed by atoms with Crippen molar-refractivity contribution in [3.05, 3.63) is 30.1 Å². The largest absolute Gasteiger partial charge is 0.383 e. The van der Waals surface area contributed by atoms with Crippen molar-refractivity contribution in [2.45, 2.75) is 50.3 Å². The van der Waals surface area contributed by atoms with Crippen LogP contribution in [0.15, 0.2) is 24.4 Å². The zero-order chi connectivity index (χ0) is 12.1. The fourth-order valence-corrected chi connectivity index (χ4v) is 2.85. The van der Waals surface area contributed by atoms with Gasteiger partial charge in [-0.25, -0.2) is 0 Å². The van der Waals surface area contributed by atoms with E-state index in [0.29, 0.717) is 18.5 Å².